The molecule has 1 aromatic carbocycles. The Hall–Kier alpha value is -2.27. The lowest BCUT2D eigenvalue weighted by Crippen LogP contribution is -2.12. The lowest BCUT2D eigenvalue weighted by molar-refractivity contribution is 0.0696. The molecule has 0 amide bonds. The van der Waals surface area contributed by atoms with E-state index in [1.165, 1.54) is 17.9 Å². The molecule has 0 unspecified atom stereocenters. The highest BCUT2D eigenvalue weighted by Crippen LogP contribution is 2.18. The van der Waals surface area contributed by atoms with Gasteiger partial charge in [-0.25, -0.2) is 4.79 Å². The lowest BCUT2D eigenvalue weighted by atomic mass is 10.1. The fourth-order valence-electron chi connectivity index (χ4n) is 1.94. The van der Waals surface area contributed by atoms with E-state index in [1.807, 2.05) is 32.3 Å². The summed E-state index contributed by atoms with van der Waals surface area (Å²) in [5, 5.41) is 12.1. The third kappa shape index (κ3) is 3.61. The van der Waals surface area contributed by atoms with Crippen molar-refractivity contribution in [3.8, 4) is 0 Å². The van der Waals surface area contributed by atoms with Gasteiger partial charge >= 0.3 is 5.97 Å². The quantitative estimate of drug-likeness (QED) is 0.847. The van der Waals surface area contributed by atoms with Crippen LogP contribution in [0.15, 0.2) is 41.0 Å². The SMILES string of the molecule is CN(C)Cc1ccccc1NCc1cc(C(=O)O)co1. The first kappa shape index (κ1) is 14.1. The van der Waals surface area contributed by atoms with Gasteiger partial charge in [0, 0.05) is 12.2 Å². The highest BCUT2D eigenvalue weighted by Gasteiger charge is 2.09. The molecule has 2 N–H and O–H groups in total. The average Bonchev–Trinajstić information content (AvgIpc) is 2.86. The van der Waals surface area contributed by atoms with E-state index >= 15 is 0 Å². The summed E-state index contributed by atoms with van der Waals surface area (Å²) in [7, 11) is 4.03. The van der Waals surface area contributed by atoms with Crippen molar-refractivity contribution < 1.29 is 14.3 Å². The molecule has 0 aliphatic rings. The van der Waals surface area contributed by atoms with Crippen LogP contribution < -0.4 is 5.32 Å². The topological polar surface area (TPSA) is 65.7 Å². The third-order valence-corrected chi connectivity index (χ3v) is 2.86. The van der Waals surface area contributed by atoms with Crippen molar-refractivity contribution in [3.63, 3.8) is 0 Å². The Kier molecular flexibility index (Phi) is 4.42. The van der Waals surface area contributed by atoms with Gasteiger partial charge in [0.1, 0.15) is 12.0 Å². The zero-order valence-corrected chi connectivity index (χ0v) is 11.6. The first-order chi connectivity index (χ1) is 9.56. The van der Waals surface area contributed by atoms with Gasteiger partial charge in [-0.3, -0.25) is 0 Å². The molecule has 106 valence electrons. The monoisotopic (exact) mass is 274 g/mol. The number of carboxylic acids is 1. The van der Waals surface area contributed by atoms with Crippen LogP contribution in [0.1, 0.15) is 21.7 Å². The van der Waals surface area contributed by atoms with Gasteiger partial charge in [-0.2, -0.15) is 0 Å². The Morgan fingerprint density at radius 3 is 2.75 bits per heavy atom. The Labute approximate surface area is 117 Å². The van der Waals surface area contributed by atoms with E-state index in [2.05, 4.69) is 16.3 Å². The number of benzene rings is 1. The minimum absolute atomic E-state index is 0.170. The maximum Gasteiger partial charge on any atom is 0.338 e. The number of furan rings is 1. The predicted octanol–water partition coefficient (Wildman–Crippen LogP) is 2.65. The van der Waals surface area contributed by atoms with Gasteiger partial charge in [0.25, 0.3) is 0 Å². The summed E-state index contributed by atoms with van der Waals surface area (Å²) in [6, 6.07) is 9.56. The number of para-hydroxylation sites is 1. The van der Waals surface area contributed by atoms with Gasteiger partial charge < -0.3 is 19.7 Å². The molecule has 5 heteroatoms. The van der Waals surface area contributed by atoms with Crippen LogP contribution in [-0.2, 0) is 13.1 Å². The summed E-state index contributed by atoms with van der Waals surface area (Å²) in [6.45, 7) is 1.29. The Balaban J connectivity index is 2.04. The highest BCUT2D eigenvalue weighted by atomic mass is 16.4. The Morgan fingerprint density at radius 2 is 2.10 bits per heavy atom. The molecule has 0 fully saturated rings. The normalized spacial score (nSPS) is 10.8. The second-order valence-corrected chi connectivity index (χ2v) is 4.86. The number of nitrogens with one attached hydrogen (secondary N) is 1. The van der Waals surface area contributed by atoms with Gasteiger partial charge in [-0.05, 0) is 31.8 Å². The van der Waals surface area contributed by atoms with Crippen LogP contribution >= 0.6 is 0 Å². The van der Waals surface area contributed by atoms with E-state index < -0.39 is 5.97 Å². The van der Waals surface area contributed by atoms with Crippen LogP contribution in [-0.4, -0.2) is 30.1 Å². The van der Waals surface area contributed by atoms with E-state index in [1.54, 1.807) is 0 Å². The largest absolute Gasteiger partial charge is 0.478 e. The van der Waals surface area contributed by atoms with Crippen molar-refractivity contribution in [1.29, 1.82) is 0 Å². The molecule has 0 radical (unpaired) electrons. The molecule has 0 saturated carbocycles. The lowest BCUT2D eigenvalue weighted by Gasteiger charge is -2.14. The number of hydrogen-bond donors (Lipinski definition) is 2. The second kappa shape index (κ2) is 6.25. The van der Waals surface area contributed by atoms with Crippen molar-refractivity contribution in [2.75, 3.05) is 19.4 Å². The van der Waals surface area contributed by atoms with E-state index in [9.17, 15) is 4.79 Å². The van der Waals surface area contributed by atoms with Crippen molar-refractivity contribution >= 4 is 11.7 Å². The van der Waals surface area contributed by atoms with Gasteiger partial charge in [-0.1, -0.05) is 18.2 Å². The fourth-order valence-corrected chi connectivity index (χ4v) is 1.94. The molecule has 2 rings (SSSR count). The maximum absolute atomic E-state index is 10.8. The number of hydrogen-bond acceptors (Lipinski definition) is 4. The zero-order chi connectivity index (χ0) is 14.5. The predicted molar refractivity (Wildman–Crippen MR) is 76.8 cm³/mol. The Bertz CT molecular complexity index is 590. The molecule has 20 heavy (non-hydrogen) atoms. The standard InChI is InChI=1S/C15H18N2O3/c1-17(2)9-11-5-3-4-6-14(11)16-8-13-7-12(10-20-13)15(18)19/h3-7,10,16H,8-9H2,1-2H3,(H,18,19). The Morgan fingerprint density at radius 1 is 1.35 bits per heavy atom. The van der Waals surface area contributed by atoms with Crippen molar-refractivity contribution in [2.45, 2.75) is 13.1 Å². The molecule has 0 aliphatic carbocycles. The molecule has 2 aromatic rings. The first-order valence-corrected chi connectivity index (χ1v) is 6.33. The molecule has 0 bridgehead atoms. The molecule has 0 saturated heterocycles. The first-order valence-electron chi connectivity index (χ1n) is 6.33. The average molecular weight is 274 g/mol. The van der Waals surface area contributed by atoms with Crippen LogP contribution in [0.2, 0.25) is 0 Å². The molecule has 1 heterocycles. The van der Waals surface area contributed by atoms with Crippen LogP contribution in [0.3, 0.4) is 0 Å². The molecule has 0 aliphatic heterocycles. The molecular formula is C15H18N2O3. The van der Waals surface area contributed by atoms with E-state index in [0.29, 0.717) is 12.3 Å². The number of anilines is 1. The molecule has 0 atom stereocenters. The van der Waals surface area contributed by atoms with Gasteiger partial charge in [-0.15, -0.1) is 0 Å². The summed E-state index contributed by atoms with van der Waals surface area (Å²) in [5.74, 6) is -0.380. The van der Waals surface area contributed by atoms with Crippen molar-refractivity contribution in [2.24, 2.45) is 0 Å². The van der Waals surface area contributed by atoms with Crippen LogP contribution in [0, 0.1) is 0 Å². The fraction of sp³-hybridized carbons (Fsp3) is 0.267. The van der Waals surface area contributed by atoms with Crippen LogP contribution in [0.25, 0.3) is 0 Å². The van der Waals surface area contributed by atoms with Gasteiger partial charge in [0.2, 0.25) is 0 Å². The number of aromatic carboxylic acids is 1. The molecule has 1 aromatic heterocycles. The summed E-state index contributed by atoms with van der Waals surface area (Å²) < 4.78 is 5.21. The van der Waals surface area contributed by atoms with E-state index in [-0.39, 0.29) is 5.56 Å². The number of rotatable bonds is 6. The summed E-state index contributed by atoms with van der Waals surface area (Å²) in [4.78, 5) is 12.9. The van der Waals surface area contributed by atoms with Gasteiger partial charge in [0.05, 0.1) is 12.1 Å². The molecule has 5 nitrogen and oxygen atoms in total. The third-order valence-electron chi connectivity index (χ3n) is 2.86. The summed E-state index contributed by atoms with van der Waals surface area (Å²) >= 11 is 0. The van der Waals surface area contributed by atoms with Crippen molar-refractivity contribution in [3.05, 3.63) is 53.5 Å². The number of carboxylic acid groups (broad SMARTS) is 1. The highest BCUT2D eigenvalue weighted by molar-refractivity contribution is 5.87. The number of carbonyl (C=O) groups is 1. The second-order valence-electron chi connectivity index (χ2n) is 4.86. The van der Waals surface area contributed by atoms with Gasteiger partial charge in [0.15, 0.2) is 0 Å². The minimum atomic E-state index is -0.979. The summed E-state index contributed by atoms with van der Waals surface area (Å²) in [6.07, 6.45) is 1.26. The maximum atomic E-state index is 10.8. The van der Waals surface area contributed by atoms with Crippen LogP contribution in [0.4, 0.5) is 5.69 Å². The molecular weight excluding hydrogens is 256 g/mol. The summed E-state index contributed by atoms with van der Waals surface area (Å²) in [5.41, 5.74) is 2.38. The molecule has 0 spiro atoms. The number of nitrogens with zero attached hydrogens (tertiary/aromatic N) is 1. The smallest absolute Gasteiger partial charge is 0.338 e. The van der Waals surface area contributed by atoms with E-state index in [0.717, 1.165) is 12.2 Å². The van der Waals surface area contributed by atoms with Crippen molar-refractivity contribution in [1.82, 2.24) is 4.90 Å². The van der Waals surface area contributed by atoms with Crippen LogP contribution in [0.5, 0.6) is 0 Å². The zero-order valence-electron chi connectivity index (χ0n) is 11.6. The minimum Gasteiger partial charge on any atom is -0.478 e. The van der Waals surface area contributed by atoms with E-state index in [4.69, 9.17) is 9.52 Å².